The smallest absolute Gasteiger partial charge is 0.416 e. The molecule has 2 aromatic rings. The molecule has 0 unspecified atom stereocenters. The Balaban J connectivity index is 2.23. The van der Waals surface area contributed by atoms with Crippen LogP contribution in [-0.4, -0.2) is 17.7 Å². The van der Waals surface area contributed by atoms with Crippen molar-refractivity contribution in [1.29, 1.82) is 0 Å². The first-order valence-corrected chi connectivity index (χ1v) is 9.09. The lowest BCUT2D eigenvalue weighted by atomic mass is 10.1. The molecule has 0 fully saturated rings. The first-order chi connectivity index (χ1) is 13.1. The number of alkyl halides is 3. The van der Waals surface area contributed by atoms with Crippen molar-refractivity contribution >= 4 is 49.4 Å². The molecule has 0 aromatic heterocycles. The number of hydrogen-bond donors (Lipinski definition) is 1. The number of halogens is 5. The molecule has 0 aliphatic carbocycles. The van der Waals surface area contributed by atoms with Crippen LogP contribution in [0.15, 0.2) is 57.0 Å². The Bertz CT molecular complexity index is 911. The molecule has 0 spiro atoms. The molecule has 148 valence electrons. The molecule has 2 aromatic carbocycles. The zero-order valence-corrected chi connectivity index (χ0v) is 17.1. The SMILES string of the molecule is C=CCOc1c(Br)cc(/C=N/Nc2ccc(C(F)(F)F)cc2[N+](=O)[O-])cc1Br. The average molecular weight is 523 g/mol. The van der Waals surface area contributed by atoms with Gasteiger partial charge >= 0.3 is 6.18 Å². The summed E-state index contributed by atoms with van der Waals surface area (Å²) >= 11 is 6.71. The molecule has 1 N–H and O–H groups in total. The lowest BCUT2D eigenvalue weighted by Crippen LogP contribution is -2.06. The molecule has 0 atom stereocenters. The number of hydrazone groups is 1. The number of ether oxygens (including phenoxy) is 1. The standard InChI is InChI=1S/C17H12Br2F3N3O3/c1-2-5-28-16-12(18)6-10(7-13(16)19)9-23-24-14-4-3-11(17(20,21)22)8-15(14)25(26)27/h2-4,6-9,24H,1,5H2/b23-9+. The van der Waals surface area contributed by atoms with Crippen LogP contribution in [-0.2, 0) is 6.18 Å². The average Bonchev–Trinajstić information content (AvgIpc) is 2.60. The van der Waals surface area contributed by atoms with Gasteiger partial charge in [-0.25, -0.2) is 0 Å². The highest BCUT2D eigenvalue weighted by Crippen LogP contribution is 2.36. The third-order valence-corrected chi connectivity index (χ3v) is 4.46. The van der Waals surface area contributed by atoms with Crippen molar-refractivity contribution < 1.29 is 22.8 Å². The molecule has 0 saturated heterocycles. The fourth-order valence-corrected chi connectivity index (χ4v) is 3.51. The monoisotopic (exact) mass is 521 g/mol. The Morgan fingerprint density at radius 3 is 2.43 bits per heavy atom. The van der Waals surface area contributed by atoms with Crippen LogP contribution >= 0.6 is 31.9 Å². The lowest BCUT2D eigenvalue weighted by molar-refractivity contribution is -0.384. The van der Waals surface area contributed by atoms with Crippen molar-refractivity contribution in [1.82, 2.24) is 0 Å². The summed E-state index contributed by atoms with van der Waals surface area (Å²) in [4.78, 5) is 10.1. The molecular weight excluding hydrogens is 511 g/mol. The van der Waals surface area contributed by atoms with Gasteiger partial charge in [0.2, 0.25) is 0 Å². The maximum atomic E-state index is 12.7. The van der Waals surface area contributed by atoms with E-state index in [2.05, 4.69) is 49.0 Å². The second-order valence-electron chi connectivity index (χ2n) is 5.27. The molecule has 2 rings (SSSR count). The second-order valence-corrected chi connectivity index (χ2v) is 6.98. The van der Waals surface area contributed by atoms with Gasteiger partial charge in [0.25, 0.3) is 5.69 Å². The number of nitro groups is 1. The molecule has 6 nitrogen and oxygen atoms in total. The van der Waals surface area contributed by atoms with Gasteiger partial charge in [0, 0.05) is 6.07 Å². The Hall–Kier alpha value is -2.40. The molecule has 0 radical (unpaired) electrons. The summed E-state index contributed by atoms with van der Waals surface area (Å²) < 4.78 is 44.9. The number of benzene rings is 2. The summed E-state index contributed by atoms with van der Waals surface area (Å²) in [6.45, 7) is 3.87. The molecule has 0 aliphatic heterocycles. The topological polar surface area (TPSA) is 76.8 Å². The lowest BCUT2D eigenvalue weighted by Gasteiger charge is -2.10. The highest BCUT2D eigenvalue weighted by atomic mass is 79.9. The zero-order valence-electron chi connectivity index (χ0n) is 14.0. The molecule has 0 heterocycles. The van der Waals surface area contributed by atoms with E-state index in [1.807, 2.05) is 0 Å². The number of anilines is 1. The van der Waals surface area contributed by atoms with Crippen LogP contribution in [0.5, 0.6) is 5.75 Å². The van der Waals surface area contributed by atoms with Gasteiger partial charge in [0.15, 0.2) is 0 Å². The van der Waals surface area contributed by atoms with Gasteiger partial charge in [0.1, 0.15) is 18.0 Å². The number of nitrogens with zero attached hydrogens (tertiary/aromatic N) is 2. The van der Waals surface area contributed by atoms with Crippen LogP contribution in [0, 0.1) is 10.1 Å². The van der Waals surface area contributed by atoms with E-state index in [1.165, 1.54) is 6.21 Å². The van der Waals surface area contributed by atoms with Gasteiger partial charge in [-0.2, -0.15) is 18.3 Å². The van der Waals surface area contributed by atoms with E-state index in [0.29, 0.717) is 32.9 Å². The van der Waals surface area contributed by atoms with Crippen LogP contribution in [0.25, 0.3) is 0 Å². The van der Waals surface area contributed by atoms with E-state index in [4.69, 9.17) is 4.74 Å². The van der Waals surface area contributed by atoms with Crippen molar-refractivity contribution in [2.45, 2.75) is 6.18 Å². The predicted octanol–water partition coefficient (Wildman–Crippen LogP) is 6.15. The number of rotatable bonds is 7. The highest BCUT2D eigenvalue weighted by molar-refractivity contribution is 9.11. The third-order valence-electron chi connectivity index (χ3n) is 3.29. The predicted molar refractivity (Wildman–Crippen MR) is 107 cm³/mol. The molecule has 0 bridgehead atoms. The van der Waals surface area contributed by atoms with Gasteiger partial charge in [0.05, 0.1) is 25.6 Å². The van der Waals surface area contributed by atoms with Gasteiger partial charge in [-0.1, -0.05) is 12.7 Å². The summed E-state index contributed by atoms with van der Waals surface area (Å²) in [6, 6.07) is 5.53. The Kier molecular flexibility index (Phi) is 7.19. The third kappa shape index (κ3) is 5.55. The maximum absolute atomic E-state index is 12.7. The zero-order chi connectivity index (χ0) is 20.9. The quantitative estimate of drug-likeness (QED) is 0.205. The van der Waals surface area contributed by atoms with Crippen molar-refractivity contribution in [2.24, 2.45) is 5.10 Å². The summed E-state index contributed by atoms with van der Waals surface area (Å²) in [6.07, 6.45) is -1.73. The van der Waals surface area contributed by atoms with Gasteiger partial charge < -0.3 is 4.74 Å². The minimum Gasteiger partial charge on any atom is -0.487 e. The van der Waals surface area contributed by atoms with E-state index in [9.17, 15) is 23.3 Å². The van der Waals surface area contributed by atoms with Crippen molar-refractivity contribution in [2.75, 3.05) is 12.0 Å². The number of hydrogen-bond acceptors (Lipinski definition) is 5. The van der Waals surface area contributed by atoms with Crippen LogP contribution in [0.4, 0.5) is 24.5 Å². The molecule has 0 saturated carbocycles. The van der Waals surface area contributed by atoms with Crippen LogP contribution < -0.4 is 10.2 Å². The molecular formula is C17H12Br2F3N3O3. The van der Waals surface area contributed by atoms with E-state index in [1.54, 1.807) is 18.2 Å². The largest absolute Gasteiger partial charge is 0.487 e. The van der Waals surface area contributed by atoms with E-state index in [0.717, 1.165) is 12.1 Å². The number of nitrogens with one attached hydrogen (secondary N) is 1. The Morgan fingerprint density at radius 2 is 1.89 bits per heavy atom. The van der Waals surface area contributed by atoms with E-state index >= 15 is 0 Å². The minimum atomic E-state index is -4.68. The van der Waals surface area contributed by atoms with Crippen LogP contribution in [0.1, 0.15) is 11.1 Å². The summed E-state index contributed by atoms with van der Waals surface area (Å²) in [7, 11) is 0. The van der Waals surface area contributed by atoms with E-state index in [-0.39, 0.29) is 5.69 Å². The van der Waals surface area contributed by atoms with Crippen LogP contribution in [0.3, 0.4) is 0 Å². The second kappa shape index (κ2) is 9.20. The molecule has 0 amide bonds. The van der Waals surface area contributed by atoms with E-state index < -0.39 is 22.4 Å². The van der Waals surface area contributed by atoms with Crippen molar-refractivity contribution in [3.05, 3.63) is 73.2 Å². The van der Waals surface area contributed by atoms with Crippen molar-refractivity contribution in [3.8, 4) is 5.75 Å². The fraction of sp³-hybridized carbons (Fsp3) is 0.118. The summed E-state index contributed by atoms with van der Waals surface area (Å²) in [5, 5.41) is 14.9. The van der Waals surface area contributed by atoms with Gasteiger partial charge in [-0.05, 0) is 61.7 Å². The molecule has 11 heteroatoms. The van der Waals surface area contributed by atoms with Crippen LogP contribution in [0.2, 0.25) is 0 Å². The summed E-state index contributed by atoms with van der Waals surface area (Å²) in [5.41, 5.74) is 0.982. The highest BCUT2D eigenvalue weighted by Gasteiger charge is 2.33. The van der Waals surface area contributed by atoms with Gasteiger partial charge in [-0.15, -0.1) is 0 Å². The fourth-order valence-electron chi connectivity index (χ4n) is 2.06. The van der Waals surface area contributed by atoms with Gasteiger partial charge in [-0.3, -0.25) is 15.5 Å². The first-order valence-electron chi connectivity index (χ1n) is 7.51. The Morgan fingerprint density at radius 1 is 1.25 bits per heavy atom. The molecule has 28 heavy (non-hydrogen) atoms. The first kappa shape index (κ1) is 21.9. The summed E-state index contributed by atoms with van der Waals surface area (Å²) in [5.74, 6) is 0.559. The molecule has 0 aliphatic rings. The minimum absolute atomic E-state index is 0.168. The number of nitro benzene ring substituents is 1. The van der Waals surface area contributed by atoms with Crippen molar-refractivity contribution in [3.63, 3.8) is 0 Å². The Labute approximate surface area is 174 Å². The maximum Gasteiger partial charge on any atom is 0.416 e. The normalized spacial score (nSPS) is 11.5.